The molecule has 0 unspecified atom stereocenters. The van der Waals surface area contributed by atoms with Crippen molar-refractivity contribution in [2.75, 3.05) is 9.80 Å². The molecule has 4 heterocycles. The van der Waals surface area contributed by atoms with Crippen LogP contribution in [0.5, 0.6) is 0 Å². The van der Waals surface area contributed by atoms with Crippen LogP contribution in [-0.4, -0.2) is 24.6 Å². The van der Waals surface area contributed by atoms with Crippen LogP contribution in [0, 0.1) is 34.6 Å². The smallest absolute Gasteiger partial charge is 0.273 e. The van der Waals surface area contributed by atoms with Crippen molar-refractivity contribution in [1.29, 1.82) is 0 Å². The van der Waals surface area contributed by atoms with Gasteiger partial charge in [-0.3, -0.25) is 14.6 Å². The number of aromatic nitrogens is 5. The van der Waals surface area contributed by atoms with Gasteiger partial charge in [-0.15, -0.1) is 0 Å². The molecule has 1 aliphatic heterocycles. The molecule has 3 aromatic heterocycles. The molecule has 0 aliphatic carbocycles. The highest BCUT2D eigenvalue weighted by Gasteiger charge is 2.38. The lowest BCUT2D eigenvalue weighted by atomic mass is 10.1. The highest BCUT2D eigenvalue weighted by molar-refractivity contribution is 5.95. The average molecular weight is 552 g/mol. The van der Waals surface area contributed by atoms with Crippen molar-refractivity contribution in [3.8, 4) is 0 Å². The number of allylic oxidation sites excluding steroid dienone is 1. The summed E-state index contributed by atoms with van der Waals surface area (Å²) < 4.78 is 1.65. The quantitative estimate of drug-likeness (QED) is 0.271. The molecule has 1 aliphatic rings. The first-order chi connectivity index (χ1) is 20.3. The summed E-state index contributed by atoms with van der Waals surface area (Å²) >= 11 is 0. The Morgan fingerprint density at radius 1 is 0.619 bits per heavy atom. The topological polar surface area (TPSA) is 79.5 Å². The summed E-state index contributed by atoms with van der Waals surface area (Å²) in [6.07, 6.45) is 5.71. The van der Waals surface area contributed by atoms with Crippen molar-refractivity contribution in [3.05, 3.63) is 128 Å². The lowest BCUT2D eigenvalue weighted by Gasteiger charge is -2.28. The molecule has 7 rings (SSSR count). The molecule has 42 heavy (non-hydrogen) atoms. The number of para-hydroxylation sites is 4. The molecule has 0 saturated carbocycles. The molecule has 206 valence electrons. The van der Waals surface area contributed by atoms with Crippen LogP contribution < -0.4 is 20.6 Å². The van der Waals surface area contributed by atoms with Crippen molar-refractivity contribution in [3.63, 3.8) is 0 Å². The maximum atomic E-state index is 12.2. The second-order valence-electron chi connectivity index (χ2n) is 10.7. The molecule has 0 atom stereocenters. The second-order valence-corrected chi connectivity index (χ2v) is 10.7. The van der Waals surface area contributed by atoms with E-state index in [1.165, 1.54) is 6.07 Å². The Bertz CT molecular complexity index is 2060. The van der Waals surface area contributed by atoms with Gasteiger partial charge in [0.05, 0.1) is 28.1 Å². The first kappa shape index (κ1) is 25.6. The van der Waals surface area contributed by atoms with E-state index in [2.05, 4.69) is 90.1 Å². The van der Waals surface area contributed by atoms with Crippen LogP contribution >= 0.6 is 0 Å². The van der Waals surface area contributed by atoms with Crippen molar-refractivity contribution in [1.82, 2.24) is 24.6 Å². The third kappa shape index (κ3) is 3.95. The Hall–Kier alpha value is -5.37. The van der Waals surface area contributed by atoms with E-state index >= 15 is 0 Å². The highest BCUT2D eigenvalue weighted by Crippen LogP contribution is 2.51. The molecule has 0 bridgehead atoms. The minimum atomic E-state index is -0.299. The number of nitrogens with zero attached hydrogens (tertiary/aromatic N) is 7. The van der Waals surface area contributed by atoms with E-state index in [4.69, 9.17) is 9.97 Å². The fraction of sp³-hybridized carbons (Fsp3) is 0.147. The van der Waals surface area contributed by atoms with Crippen LogP contribution in [-0.2, 0) is 0 Å². The number of aryl methyl sites for hydroxylation is 5. The molecular formula is C34H29N7O. The summed E-state index contributed by atoms with van der Waals surface area (Å²) in [4.78, 5) is 31.3. The van der Waals surface area contributed by atoms with E-state index in [0.29, 0.717) is 5.65 Å². The normalized spacial score (nSPS) is 13.5. The van der Waals surface area contributed by atoms with Gasteiger partial charge < -0.3 is 0 Å². The summed E-state index contributed by atoms with van der Waals surface area (Å²) in [5.41, 5.74) is 9.23. The van der Waals surface area contributed by atoms with Gasteiger partial charge in [-0.05, 0) is 81.2 Å². The number of fused-ring (bicyclic) bond motifs is 3. The van der Waals surface area contributed by atoms with E-state index in [9.17, 15) is 4.79 Å². The third-order valence-corrected chi connectivity index (χ3v) is 7.82. The minimum Gasteiger partial charge on any atom is -0.276 e. The van der Waals surface area contributed by atoms with E-state index in [1.807, 2.05) is 37.3 Å². The van der Waals surface area contributed by atoms with Crippen LogP contribution in [0.25, 0.3) is 22.8 Å². The molecule has 0 amide bonds. The Morgan fingerprint density at radius 2 is 1.14 bits per heavy atom. The van der Waals surface area contributed by atoms with Crippen molar-refractivity contribution >= 4 is 45.8 Å². The molecule has 8 nitrogen and oxygen atoms in total. The van der Waals surface area contributed by atoms with Gasteiger partial charge in [-0.2, -0.15) is 10.1 Å². The van der Waals surface area contributed by atoms with Crippen LogP contribution in [0.2, 0.25) is 0 Å². The molecule has 0 spiro atoms. The maximum Gasteiger partial charge on any atom is 0.273 e. The van der Waals surface area contributed by atoms with E-state index in [1.54, 1.807) is 10.7 Å². The van der Waals surface area contributed by atoms with Crippen LogP contribution in [0.1, 0.15) is 27.9 Å². The van der Waals surface area contributed by atoms with Crippen molar-refractivity contribution < 1.29 is 0 Å². The number of benzene rings is 3. The molecule has 0 fully saturated rings. The summed E-state index contributed by atoms with van der Waals surface area (Å²) in [5, 5.41) is 5.37. The van der Waals surface area contributed by atoms with E-state index < -0.39 is 0 Å². The van der Waals surface area contributed by atoms with E-state index in [0.717, 1.165) is 73.0 Å². The van der Waals surface area contributed by atoms with Crippen LogP contribution in [0.3, 0.4) is 0 Å². The van der Waals surface area contributed by atoms with Gasteiger partial charge in [0.2, 0.25) is 0 Å². The lowest BCUT2D eigenvalue weighted by Crippen LogP contribution is -2.24. The van der Waals surface area contributed by atoms with Gasteiger partial charge >= 0.3 is 0 Å². The molecular weight excluding hydrogens is 522 g/mol. The standard InChI is InChI=1S/C34H29N7O/c1-20-10-8-11-21(2)30(20)40-29(17-16-25-24(5)38-39-19-18-28(42)37-32(25)39)41(31-22(3)12-9-13-23(31)4)34-33(40)35-26-14-6-7-15-27(26)36-34/h6-19H,1-5H3/b25-16-. The van der Waals surface area contributed by atoms with Gasteiger partial charge in [0, 0.05) is 17.5 Å². The number of hydrogen-bond donors (Lipinski definition) is 0. The van der Waals surface area contributed by atoms with Gasteiger partial charge in [0.1, 0.15) is 5.82 Å². The number of rotatable bonds is 3. The summed E-state index contributed by atoms with van der Waals surface area (Å²) in [6.45, 7) is 10.4. The monoisotopic (exact) mass is 551 g/mol. The SMILES string of the molecule is Cc1cccc(C)c1N1C(=C/C=c2/c(C)nn3ccc(=O)nc23)N(c2c(C)cccc2C)c2nc3ccccc3nc21. The lowest BCUT2D eigenvalue weighted by molar-refractivity contribution is 0.910. The van der Waals surface area contributed by atoms with Gasteiger partial charge in [0.25, 0.3) is 5.56 Å². The van der Waals surface area contributed by atoms with Gasteiger partial charge in [0.15, 0.2) is 17.3 Å². The molecule has 8 heteroatoms. The van der Waals surface area contributed by atoms with Crippen LogP contribution in [0.15, 0.2) is 89.6 Å². The summed E-state index contributed by atoms with van der Waals surface area (Å²) in [5.74, 6) is 2.38. The first-order valence-electron chi connectivity index (χ1n) is 13.9. The molecule has 0 N–H and O–H groups in total. The number of anilines is 4. The third-order valence-electron chi connectivity index (χ3n) is 7.82. The Kier molecular flexibility index (Phi) is 5.86. The van der Waals surface area contributed by atoms with Crippen molar-refractivity contribution in [2.45, 2.75) is 34.6 Å². The van der Waals surface area contributed by atoms with Gasteiger partial charge in [-0.1, -0.05) is 48.5 Å². The van der Waals surface area contributed by atoms with Crippen LogP contribution in [0.4, 0.5) is 23.0 Å². The fourth-order valence-electron chi connectivity index (χ4n) is 5.90. The van der Waals surface area contributed by atoms with Crippen molar-refractivity contribution in [2.24, 2.45) is 0 Å². The Morgan fingerprint density at radius 3 is 1.67 bits per heavy atom. The fourth-order valence-corrected chi connectivity index (χ4v) is 5.90. The predicted molar refractivity (Wildman–Crippen MR) is 167 cm³/mol. The zero-order chi connectivity index (χ0) is 29.1. The molecule has 6 aromatic rings. The molecule has 0 saturated heterocycles. The zero-order valence-corrected chi connectivity index (χ0v) is 24.1. The zero-order valence-electron chi connectivity index (χ0n) is 24.1. The predicted octanol–water partition coefficient (Wildman–Crippen LogP) is 5.91. The van der Waals surface area contributed by atoms with Gasteiger partial charge in [-0.25, -0.2) is 14.5 Å². The Labute approximate surface area is 242 Å². The number of hydrogen-bond acceptors (Lipinski definition) is 7. The van der Waals surface area contributed by atoms with E-state index in [-0.39, 0.29) is 5.56 Å². The molecule has 0 radical (unpaired) electrons. The largest absolute Gasteiger partial charge is 0.276 e. The second kappa shape index (κ2) is 9.62. The summed E-state index contributed by atoms with van der Waals surface area (Å²) in [7, 11) is 0. The maximum absolute atomic E-state index is 12.2. The summed E-state index contributed by atoms with van der Waals surface area (Å²) in [6, 6.07) is 22.0. The molecule has 3 aromatic carbocycles. The minimum absolute atomic E-state index is 0.299. The first-order valence-corrected chi connectivity index (χ1v) is 13.9. The highest BCUT2D eigenvalue weighted by atomic mass is 16.1. The Balaban J connectivity index is 1.61. The average Bonchev–Trinajstić information content (AvgIpc) is 3.43.